The van der Waals surface area contributed by atoms with E-state index in [9.17, 15) is 13.2 Å². The molecule has 2 saturated heterocycles. The molecule has 0 aliphatic carbocycles. The highest BCUT2D eigenvalue weighted by Crippen LogP contribution is 2.27. The third-order valence-electron chi connectivity index (χ3n) is 5.10. The second-order valence-electron chi connectivity index (χ2n) is 8.06. The molecule has 0 bridgehead atoms. The van der Waals surface area contributed by atoms with E-state index >= 15 is 0 Å². The minimum absolute atomic E-state index is 0.0258. The number of hydrogen-bond acceptors (Lipinski definition) is 4. The number of carbonyl (C=O) groups excluding carboxylic acids is 1. The van der Waals surface area contributed by atoms with Crippen LogP contribution >= 0.6 is 0 Å². The predicted molar refractivity (Wildman–Crippen MR) is 99.3 cm³/mol. The molecule has 0 aromatic rings. The normalized spacial score (nSPS) is 29.7. The van der Waals surface area contributed by atoms with Crippen molar-refractivity contribution in [3.8, 4) is 0 Å². The van der Waals surface area contributed by atoms with Gasteiger partial charge in [-0.1, -0.05) is 13.8 Å². The van der Waals surface area contributed by atoms with Crippen molar-refractivity contribution in [2.75, 3.05) is 53.4 Å². The second kappa shape index (κ2) is 8.79. The first-order chi connectivity index (χ1) is 11.7. The van der Waals surface area contributed by atoms with E-state index in [2.05, 4.69) is 19.2 Å². The maximum Gasteiger partial charge on any atom is 0.282 e. The molecule has 146 valence electrons. The Hall–Kier alpha value is -0.700. The van der Waals surface area contributed by atoms with Crippen LogP contribution in [-0.4, -0.2) is 81.2 Å². The quantitative estimate of drug-likeness (QED) is 0.739. The molecule has 8 heteroatoms. The van der Waals surface area contributed by atoms with Gasteiger partial charge in [-0.3, -0.25) is 4.79 Å². The molecule has 0 spiro atoms. The van der Waals surface area contributed by atoms with Crippen molar-refractivity contribution in [1.29, 1.82) is 0 Å². The molecule has 2 rings (SSSR count). The van der Waals surface area contributed by atoms with E-state index in [1.165, 1.54) is 4.31 Å². The van der Waals surface area contributed by atoms with E-state index in [-0.39, 0.29) is 11.8 Å². The van der Waals surface area contributed by atoms with Gasteiger partial charge in [0.1, 0.15) is 0 Å². The van der Waals surface area contributed by atoms with E-state index in [1.54, 1.807) is 4.31 Å². The summed E-state index contributed by atoms with van der Waals surface area (Å²) in [5.41, 5.74) is 0. The number of piperidine rings is 2. The van der Waals surface area contributed by atoms with Gasteiger partial charge in [-0.25, -0.2) is 0 Å². The zero-order chi connectivity index (χ0) is 18.6. The fourth-order valence-corrected chi connectivity index (χ4v) is 5.81. The summed E-state index contributed by atoms with van der Waals surface area (Å²) in [6, 6.07) is 0. The summed E-state index contributed by atoms with van der Waals surface area (Å²) < 4.78 is 29.2. The molecular formula is C17H34N4O3S. The molecular weight excluding hydrogens is 340 g/mol. The molecule has 7 nitrogen and oxygen atoms in total. The summed E-state index contributed by atoms with van der Waals surface area (Å²) in [5.74, 6) is 0.495. The van der Waals surface area contributed by atoms with Crippen LogP contribution in [0.25, 0.3) is 0 Å². The molecule has 3 atom stereocenters. The van der Waals surface area contributed by atoms with Crippen LogP contribution in [0.5, 0.6) is 0 Å². The summed E-state index contributed by atoms with van der Waals surface area (Å²) in [4.78, 5) is 14.4. The second-order valence-corrected chi connectivity index (χ2v) is 9.99. The van der Waals surface area contributed by atoms with Gasteiger partial charge in [0.05, 0.1) is 5.92 Å². The van der Waals surface area contributed by atoms with Gasteiger partial charge in [0.15, 0.2) is 0 Å². The Labute approximate surface area is 152 Å². The maximum absolute atomic E-state index is 13.0. The van der Waals surface area contributed by atoms with Gasteiger partial charge < -0.3 is 10.2 Å². The van der Waals surface area contributed by atoms with Crippen LogP contribution in [0.3, 0.4) is 0 Å². The lowest BCUT2D eigenvalue weighted by atomic mass is 9.94. The number of nitrogens with one attached hydrogen (secondary N) is 1. The van der Waals surface area contributed by atoms with Gasteiger partial charge in [0.25, 0.3) is 10.2 Å². The molecule has 2 aliphatic heterocycles. The molecule has 0 aromatic heterocycles. The number of carbonyl (C=O) groups is 1. The van der Waals surface area contributed by atoms with Crippen LogP contribution in [0.2, 0.25) is 0 Å². The number of amides is 1. The molecule has 1 N–H and O–H groups in total. The zero-order valence-corrected chi connectivity index (χ0v) is 16.9. The predicted octanol–water partition coefficient (Wildman–Crippen LogP) is 0.599. The van der Waals surface area contributed by atoms with E-state index in [0.717, 1.165) is 25.8 Å². The molecule has 25 heavy (non-hydrogen) atoms. The lowest BCUT2D eigenvalue weighted by Crippen LogP contribution is -2.53. The average molecular weight is 375 g/mol. The van der Waals surface area contributed by atoms with Crippen LogP contribution in [0.15, 0.2) is 0 Å². The maximum atomic E-state index is 13.0. The first-order valence-corrected chi connectivity index (χ1v) is 10.8. The number of rotatable bonds is 6. The van der Waals surface area contributed by atoms with Gasteiger partial charge in [-0.15, -0.1) is 0 Å². The monoisotopic (exact) mass is 374 g/mol. The highest BCUT2D eigenvalue weighted by atomic mass is 32.2. The summed E-state index contributed by atoms with van der Waals surface area (Å²) >= 11 is 0. The topological polar surface area (TPSA) is 73.0 Å². The fourth-order valence-electron chi connectivity index (χ4n) is 3.87. The first-order valence-electron chi connectivity index (χ1n) is 9.37. The average Bonchev–Trinajstić information content (AvgIpc) is 2.53. The minimum atomic E-state index is -3.47. The van der Waals surface area contributed by atoms with Crippen LogP contribution in [0, 0.1) is 17.8 Å². The SMILES string of the molecule is CC1CC(C)CN(S(=O)(=O)N2CCCC(C(=O)NCCN(C)C)C2)C1. The lowest BCUT2D eigenvalue weighted by Gasteiger charge is -2.39. The number of likely N-dealkylation sites (N-methyl/N-ethyl adjacent to an activating group) is 1. The van der Waals surface area contributed by atoms with Crippen molar-refractivity contribution in [1.82, 2.24) is 18.8 Å². The molecule has 0 aromatic carbocycles. The molecule has 0 radical (unpaired) electrons. The summed E-state index contributed by atoms with van der Waals surface area (Å²) in [6.45, 7) is 7.58. The Bertz CT molecular complexity index is 542. The van der Waals surface area contributed by atoms with Crippen molar-refractivity contribution in [3.05, 3.63) is 0 Å². The Morgan fingerprint density at radius 3 is 2.36 bits per heavy atom. The summed E-state index contributed by atoms with van der Waals surface area (Å²) in [7, 11) is 0.447. The van der Waals surface area contributed by atoms with Gasteiger partial charge in [-0.2, -0.15) is 17.0 Å². The zero-order valence-electron chi connectivity index (χ0n) is 16.1. The van der Waals surface area contributed by atoms with Crippen molar-refractivity contribution < 1.29 is 13.2 Å². The molecule has 0 saturated carbocycles. The van der Waals surface area contributed by atoms with E-state index < -0.39 is 10.2 Å². The fraction of sp³-hybridized carbons (Fsp3) is 0.941. The molecule has 3 unspecified atom stereocenters. The van der Waals surface area contributed by atoms with Crippen molar-refractivity contribution >= 4 is 16.1 Å². The Morgan fingerprint density at radius 1 is 1.12 bits per heavy atom. The van der Waals surface area contributed by atoms with Gasteiger partial charge in [-0.05, 0) is 45.2 Å². The lowest BCUT2D eigenvalue weighted by molar-refractivity contribution is -0.126. The van der Waals surface area contributed by atoms with Crippen LogP contribution < -0.4 is 5.32 Å². The van der Waals surface area contributed by atoms with Crippen LogP contribution in [0.4, 0.5) is 0 Å². The highest BCUT2D eigenvalue weighted by Gasteiger charge is 2.38. The summed E-state index contributed by atoms with van der Waals surface area (Å²) in [6.07, 6.45) is 2.57. The van der Waals surface area contributed by atoms with Gasteiger partial charge in [0.2, 0.25) is 5.91 Å². The van der Waals surface area contributed by atoms with Crippen molar-refractivity contribution in [2.45, 2.75) is 33.1 Å². The number of nitrogens with zero attached hydrogens (tertiary/aromatic N) is 3. The largest absolute Gasteiger partial charge is 0.355 e. The first kappa shape index (κ1) is 20.6. The number of hydrogen-bond donors (Lipinski definition) is 1. The molecule has 2 heterocycles. The Morgan fingerprint density at radius 2 is 1.76 bits per heavy atom. The van der Waals surface area contributed by atoms with Gasteiger partial charge in [0, 0.05) is 39.3 Å². The van der Waals surface area contributed by atoms with Gasteiger partial charge >= 0.3 is 0 Å². The van der Waals surface area contributed by atoms with Crippen molar-refractivity contribution in [3.63, 3.8) is 0 Å². The summed E-state index contributed by atoms with van der Waals surface area (Å²) in [5, 5.41) is 2.93. The smallest absolute Gasteiger partial charge is 0.282 e. The standard InChI is InChI=1S/C17H34N4O3S/c1-14-10-15(2)12-21(11-14)25(23,24)20-8-5-6-16(13-20)17(22)18-7-9-19(3)4/h14-16H,5-13H2,1-4H3,(H,18,22). The third kappa shape index (κ3) is 5.64. The van der Waals surface area contributed by atoms with Crippen LogP contribution in [0.1, 0.15) is 33.1 Å². The van der Waals surface area contributed by atoms with Crippen molar-refractivity contribution in [2.24, 2.45) is 17.8 Å². The van der Waals surface area contributed by atoms with E-state index in [1.807, 2.05) is 19.0 Å². The minimum Gasteiger partial charge on any atom is -0.355 e. The van der Waals surface area contributed by atoms with Crippen LogP contribution in [-0.2, 0) is 15.0 Å². The molecule has 2 aliphatic rings. The highest BCUT2D eigenvalue weighted by molar-refractivity contribution is 7.86. The Kier molecular flexibility index (Phi) is 7.25. The van der Waals surface area contributed by atoms with E-state index in [0.29, 0.717) is 44.6 Å². The van der Waals surface area contributed by atoms with E-state index in [4.69, 9.17) is 0 Å². The molecule has 2 fully saturated rings. The third-order valence-corrected chi connectivity index (χ3v) is 7.04. The Balaban J connectivity index is 1.96. The molecule has 1 amide bonds.